The van der Waals surface area contributed by atoms with Crippen molar-refractivity contribution in [2.24, 2.45) is 0 Å². The van der Waals surface area contributed by atoms with E-state index in [1.165, 1.54) is 10.2 Å². The zero-order valence-electron chi connectivity index (χ0n) is 19.0. The Hall–Kier alpha value is -3.12. The Labute approximate surface area is 217 Å². The van der Waals surface area contributed by atoms with Crippen LogP contribution in [0, 0.1) is 0 Å². The van der Waals surface area contributed by atoms with Crippen LogP contribution in [0.25, 0.3) is 28.3 Å². The molecular weight excluding hydrogens is 503 g/mol. The van der Waals surface area contributed by atoms with Crippen molar-refractivity contribution in [3.05, 3.63) is 109 Å². The molecule has 8 heteroatoms. The predicted octanol–water partition coefficient (Wildman–Crippen LogP) is 7.33. The molecular formula is C27H21Cl3N4O. The van der Waals surface area contributed by atoms with Crippen LogP contribution in [0.5, 0.6) is 0 Å². The Balaban J connectivity index is 1.65. The van der Waals surface area contributed by atoms with Gasteiger partial charge < -0.3 is 0 Å². The Bertz CT molecular complexity index is 1540. The van der Waals surface area contributed by atoms with E-state index >= 15 is 0 Å². The number of nitrogens with zero attached hydrogens (tertiary/aromatic N) is 4. The number of fused-ring (bicyclic) bond motifs is 1. The van der Waals surface area contributed by atoms with Crippen molar-refractivity contribution in [2.75, 3.05) is 0 Å². The molecule has 0 atom stereocenters. The lowest BCUT2D eigenvalue weighted by Gasteiger charge is -2.15. The summed E-state index contributed by atoms with van der Waals surface area (Å²) in [4.78, 5) is 13.3. The molecule has 5 rings (SSSR count). The molecule has 0 aliphatic carbocycles. The molecule has 3 aromatic rings. The first-order valence-corrected chi connectivity index (χ1v) is 12.2. The van der Waals surface area contributed by atoms with Gasteiger partial charge in [0.1, 0.15) is 5.69 Å². The molecule has 0 unspecified atom stereocenters. The van der Waals surface area contributed by atoms with E-state index in [2.05, 4.69) is 31.1 Å². The highest BCUT2D eigenvalue weighted by Gasteiger charge is 2.22. The minimum Gasteiger partial charge on any atom is -0.265 e. The summed E-state index contributed by atoms with van der Waals surface area (Å²) in [6.07, 6.45) is 0. The van der Waals surface area contributed by atoms with Gasteiger partial charge in [0, 0.05) is 15.6 Å². The van der Waals surface area contributed by atoms with Gasteiger partial charge in [-0.1, -0.05) is 72.9 Å². The number of aromatic nitrogens is 4. The number of benzene rings is 3. The standard InChI is InChI=1S/C27H21Cl3N4O/c1-16(2)18-5-3-17(4-6-18)15-33-27(35)26-24(31-33)14-25(22-12-9-20(29)13-23(22)30)34(32-26)21-10-7-19(28)8-11-21/h3-14,16H,15H2,1-2H3. The molecule has 0 spiro atoms. The summed E-state index contributed by atoms with van der Waals surface area (Å²) in [6, 6.07) is 22.5. The SMILES string of the molecule is CC(C)c1ccc(Cn2nc3cc(-c4ccc(Cl)cc4Cl)n(-c4ccc(Cl)cc4)nc-3c2=O)cc1. The molecule has 0 amide bonds. The van der Waals surface area contributed by atoms with Gasteiger partial charge in [0.05, 0.1) is 22.9 Å². The molecule has 0 saturated heterocycles. The van der Waals surface area contributed by atoms with Gasteiger partial charge in [-0.15, -0.1) is 0 Å². The predicted molar refractivity (Wildman–Crippen MR) is 142 cm³/mol. The first-order valence-electron chi connectivity index (χ1n) is 11.1. The van der Waals surface area contributed by atoms with E-state index in [1.807, 2.05) is 36.4 Å². The summed E-state index contributed by atoms with van der Waals surface area (Å²) >= 11 is 18.8. The molecule has 5 nitrogen and oxygen atoms in total. The maximum Gasteiger partial charge on any atom is 0.297 e. The third-order valence-electron chi connectivity index (χ3n) is 5.87. The lowest BCUT2D eigenvalue weighted by molar-refractivity contribution is 0.668. The van der Waals surface area contributed by atoms with Crippen LogP contribution in [-0.2, 0) is 6.54 Å². The molecule has 0 radical (unpaired) electrons. The van der Waals surface area contributed by atoms with E-state index in [9.17, 15) is 4.79 Å². The van der Waals surface area contributed by atoms with Crippen molar-refractivity contribution >= 4 is 34.8 Å². The van der Waals surface area contributed by atoms with Gasteiger partial charge in [-0.2, -0.15) is 10.2 Å². The van der Waals surface area contributed by atoms with Gasteiger partial charge in [-0.3, -0.25) is 4.79 Å². The molecule has 0 N–H and O–H groups in total. The monoisotopic (exact) mass is 522 g/mol. The van der Waals surface area contributed by atoms with E-state index in [1.54, 1.807) is 28.9 Å². The highest BCUT2D eigenvalue weighted by molar-refractivity contribution is 6.36. The third kappa shape index (κ3) is 4.72. The maximum absolute atomic E-state index is 13.3. The second kappa shape index (κ2) is 9.50. The second-order valence-electron chi connectivity index (χ2n) is 8.63. The summed E-state index contributed by atoms with van der Waals surface area (Å²) in [6.45, 7) is 4.65. The van der Waals surface area contributed by atoms with Crippen LogP contribution < -0.4 is 5.56 Å². The minimum absolute atomic E-state index is 0.260. The molecule has 2 aliphatic rings. The van der Waals surface area contributed by atoms with Crippen LogP contribution in [0.3, 0.4) is 0 Å². The highest BCUT2D eigenvalue weighted by atomic mass is 35.5. The van der Waals surface area contributed by atoms with Gasteiger partial charge in [0.15, 0.2) is 5.69 Å². The molecule has 176 valence electrons. The van der Waals surface area contributed by atoms with Crippen LogP contribution in [0.2, 0.25) is 15.1 Å². The van der Waals surface area contributed by atoms with E-state index in [4.69, 9.17) is 39.9 Å². The van der Waals surface area contributed by atoms with Crippen molar-refractivity contribution in [3.8, 4) is 28.3 Å². The second-order valence-corrected chi connectivity index (χ2v) is 9.91. The number of hydrogen-bond acceptors (Lipinski definition) is 3. The van der Waals surface area contributed by atoms with Crippen LogP contribution >= 0.6 is 34.8 Å². The Morgan fingerprint density at radius 1 is 0.829 bits per heavy atom. The summed E-state index contributed by atoms with van der Waals surface area (Å²) < 4.78 is 3.13. The van der Waals surface area contributed by atoms with Crippen LogP contribution in [0.1, 0.15) is 30.9 Å². The fraction of sp³-hybridized carbons (Fsp3) is 0.148. The lowest BCUT2D eigenvalue weighted by Crippen LogP contribution is -2.19. The quantitative estimate of drug-likeness (QED) is 0.242. The minimum atomic E-state index is -0.260. The third-order valence-corrected chi connectivity index (χ3v) is 6.67. The van der Waals surface area contributed by atoms with E-state index in [0.29, 0.717) is 44.5 Å². The van der Waals surface area contributed by atoms with E-state index in [-0.39, 0.29) is 11.3 Å². The normalized spacial score (nSPS) is 11.5. The number of halogens is 3. The van der Waals surface area contributed by atoms with E-state index < -0.39 is 0 Å². The summed E-state index contributed by atoms with van der Waals surface area (Å²) in [5.74, 6) is 0.442. The molecule has 0 aromatic heterocycles. The molecule has 3 aromatic carbocycles. The van der Waals surface area contributed by atoms with Crippen LogP contribution in [-0.4, -0.2) is 19.6 Å². The van der Waals surface area contributed by atoms with Crippen molar-refractivity contribution in [2.45, 2.75) is 26.3 Å². The summed E-state index contributed by atoms with van der Waals surface area (Å²) in [5.41, 5.74) is 4.85. The van der Waals surface area contributed by atoms with Gasteiger partial charge >= 0.3 is 0 Å². The Morgan fingerprint density at radius 2 is 1.51 bits per heavy atom. The largest absolute Gasteiger partial charge is 0.297 e. The topological polar surface area (TPSA) is 52.7 Å². The number of rotatable bonds is 5. The average molecular weight is 524 g/mol. The molecule has 2 aliphatic heterocycles. The van der Waals surface area contributed by atoms with Crippen molar-refractivity contribution < 1.29 is 0 Å². The smallest absolute Gasteiger partial charge is 0.265 e. The van der Waals surface area contributed by atoms with Gasteiger partial charge in [0.2, 0.25) is 0 Å². The number of hydrogen-bond donors (Lipinski definition) is 0. The van der Waals surface area contributed by atoms with Gasteiger partial charge in [-0.05, 0) is 65.6 Å². The summed E-state index contributed by atoms with van der Waals surface area (Å²) in [7, 11) is 0. The zero-order chi connectivity index (χ0) is 24.7. The first-order chi connectivity index (χ1) is 16.8. The first kappa shape index (κ1) is 23.6. The molecule has 35 heavy (non-hydrogen) atoms. The fourth-order valence-corrected chi connectivity index (χ4v) is 4.58. The van der Waals surface area contributed by atoms with Gasteiger partial charge in [-0.25, -0.2) is 9.36 Å². The maximum atomic E-state index is 13.3. The molecule has 0 fully saturated rings. The van der Waals surface area contributed by atoms with Gasteiger partial charge in [0.25, 0.3) is 5.56 Å². The molecule has 0 bridgehead atoms. The van der Waals surface area contributed by atoms with Crippen LogP contribution in [0.15, 0.2) is 77.6 Å². The average Bonchev–Trinajstić information content (AvgIpc) is 3.13. The molecule has 0 saturated carbocycles. The van der Waals surface area contributed by atoms with Crippen LogP contribution in [0.4, 0.5) is 0 Å². The van der Waals surface area contributed by atoms with Crippen molar-refractivity contribution in [1.29, 1.82) is 0 Å². The molecule has 2 heterocycles. The van der Waals surface area contributed by atoms with Crippen molar-refractivity contribution in [1.82, 2.24) is 19.6 Å². The van der Waals surface area contributed by atoms with E-state index in [0.717, 1.165) is 11.3 Å². The zero-order valence-corrected chi connectivity index (χ0v) is 21.3. The lowest BCUT2D eigenvalue weighted by atomic mass is 10.0. The fourth-order valence-electron chi connectivity index (χ4n) is 3.95. The Kier molecular flexibility index (Phi) is 6.41. The highest BCUT2D eigenvalue weighted by Crippen LogP contribution is 2.33. The van der Waals surface area contributed by atoms with Crippen molar-refractivity contribution in [3.63, 3.8) is 0 Å². The Morgan fingerprint density at radius 3 is 2.17 bits per heavy atom. The summed E-state index contributed by atoms with van der Waals surface area (Å²) in [5, 5.41) is 10.9.